The van der Waals surface area contributed by atoms with Crippen LogP contribution in [0.1, 0.15) is 24.0 Å². The van der Waals surface area contributed by atoms with Gasteiger partial charge in [0.15, 0.2) is 0 Å². The SMILES string of the molecule is COCCN1C[C@H]2CC[C@@H]1CN(Cc1cccc(C#N)c1)C2. The summed E-state index contributed by atoms with van der Waals surface area (Å²) in [6.07, 6.45) is 2.66. The Morgan fingerprint density at radius 1 is 1.27 bits per heavy atom. The molecule has 0 amide bonds. The number of hydrogen-bond donors (Lipinski definition) is 0. The van der Waals surface area contributed by atoms with Crippen molar-refractivity contribution in [2.45, 2.75) is 25.4 Å². The Morgan fingerprint density at radius 3 is 3.00 bits per heavy atom. The third-order valence-electron chi connectivity index (χ3n) is 4.95. The van der Waals surface area contributed by atoms with Crippen molar-refractivity contribution in [3.8, 4) is 6.07 Å². The van der Waals surface area contributed by atoms with E-state index in [4.69, 9.17) is 10.00 Å². The summed E-state index contributed by atoms with van der Waals surface area (Å²) >= 11 is 0. The summed E-state index contributed by atoms with van der Waals surface area (Å²) in [5.41, 5.74) is 2.01. The van der Waals surface area contributed by atoms with E-state index in [-0.39, 0.29) is 0 Å². The van der Waals surface area contributed by atoms with E-state index in [2.05, 4.69) is 21.9 Å². The van der Waals surface area contributed by atoms with Crippen molar-refractivity contribution in [2.75, 3.05) is 39.9 Å². The number of hydrogen-bond acceptors (Lipinski definition) is 4. The van der Waals surface area contributed by atoms with Crippen LogP contribution in [0.5, 0.6) is 0 Å². The van der Waals surface area contributed by atoms with Gasteiger partial charge >= 0.3 is 0 Å². The van der Waals surface area contributed by atoms with Gasteiger partial charge in [0.1, 0.15) is 0 Å². The zero-order valence-corrected chi connectivity index (χ0v) is 13.4. The van der Waals surface area contributed by atoms with Gasteiger partial charge < -0.3 is 4.74 Å². The molecule has 3 saturated heterocycles. The molecule has 3 heterocycles. The van der Waals surface area contributed by atoms with Gasteiger partial charge in [-0.25, -0.2) is 0 Å². The molecule has 1 aromatic rings. The minimum Gasteiger partial charge on any atom is -0.383 e. The molecule has 4 nitrogen and oxygen atoms in total. The van der Waals surface area contributed by atoms with E-state index in [0.29, 0.717) is 6.04 Å². The molecular weight excluding hydrogens is 274 g/mol. The van der Waals surface area contributed by atoms with Gasteiger partial charge in [-0.05, 0) is 36.5 Å². The lowest BCUT2D eigenvalue weighted by Crippen LogP contribution is -2.45. The van der Waals surface area contributed by atoms with E-state index in [1.165, 1.54) is 31.5 Å². The van der Waals surface area contributed by atoms with Crippen LogP contribution in [0.2, 0.25) is 0 Å². The lowest BCUT2D eigenvalue weighted by Gasteiger charge is -2.35. The molecule has 2 bridgehead atoms. The predicted molar refractivity (Wildman–Crippen MR) is 86.4 cm³/mol. The highest BCUT2D eigenvalue weighted by Crippen LogP contribution is 2.28. The van der Waals surface area contributed by atoms with Crippen LogP contribution < -0.4 is 0 Å². The Balaban J connectivity index is 1.65. The topological polar surface area (TPSA) is 39.5 Å². The number of rotatable bonds is 5. The highest BCUT2D eigenvalue weighted by Gasteiger charge is 2.34. The van der Waals surface area contributed by atoms with Crippen LogP contribution in [0.4, 0.5) is 0 Å². The molecule has 0 radical (unpaired) electrons. The lowest BCUT2D eigenvalue weighted by molar-refractivity contribution is 0.0867. The maximum Gasteiger partial charge on any atom is 0.0991 e. The van der Waals surface area contributed by atoms with Crippen LogP contribution in [-0.4, -0.2) is 55.7 Å². The summed E-state index contributed by atoms with van der Waals surface area (Å²) in [6, 6.07) is 10.9. The summed E-state index contributed by atoms with van der Waals surface area (Å²) in [7, 11) is 1.78. The van der Waals surface area contributed by atoms with Crippen molar-refractivity contribution in [1.82, 2.24) is 9.80 Å². The zero-order chi connectivity index (χ0) is 15.4. The normalized spacial score (nSPS) is 25.8. The third kappa shape index (κ3) is 3.67. The van der Waals surface area contributed by atoms with Crippen molar-refractivity contribution in [1.29, 1.82) is 5.26 Å². The van der Waals surface area contributed by atoms with Crippen molar-refractivity contribution in [3.05, 3.63) is 35.4 Å². The van der Waals surface area contributed by atoms with Gasteiger partial charge in [-0.3, -0.25) is 9.80 Å². The Kier molecular flexibility index (Phi) is 5.09. The molecule has 0 N–H and O–H groups in total. The van der Waals surface area contributed by atoms with Crippen LogP contribution in [0, 0.1) is 17.2 Å². The molecule has 0 aromatic heterocycles. The Bertz CT molecular complexity index is 539. The molecule has 0 unspecified atom stereocenters. The van der Waals surface area contributed by atoms with Crippen LogP contribution in [0.25, 0.3) is 0 Å². The molecule has 3 aliphatic heterocycles. The van der Waals surface area contributed by atoms with E-state index in [9.17, 15) is 0 Å². The Hall–Kier alpha value is -1.41. The first-order chi connectivity index (χ1) is 10.8. The summed E-state index contributed by atoms with van der Waals surface area (Å²) in [6.45, 7) is 6.36. The van der Waals surface area contributed by atoms with E-state index in [1.807, 2.05) is 18.2 Å². The average Bonchev–Trinajstić information content (AvgIpc) is 2.83. The molecule has 22 heavy (non-hydrogen) atoms. The second kappa shape index (κ2) is 7.23. The van der Waals surface area contributed by atoms with Gasteiger partial charge in [-0.1, -0.05) is 12.1 Å². The number of nitrogens with zero attached hydrogens (tertiary/aromatic N) is 3. The number of ether oxygens (including phenoxy) is 1. The first kappa shape index (κ1) is 15.5. The third-order valence-corrected chi connectivity index (χ3v) is 4.95. The minimum absolute atomic E-state index is 0.660. The van der Waals surface area contributed by atoms with Gasteiger partial charge in [0.25, 0.3) is 0 Å². The molecule has 3 aliphatic rings. The fourth-order valence-electron chi connectivity index (χ4n) is 3.89. The van der Waals surface area contributed by atoms with Crippen LogP contribution in [0.3, 0.4) is 0 Å². The number of nitriles is 1. The zero-order valence-electron chi connectivity index (χ0n) is 13.4. The van der Waals surface area contributed by atoms with Gasteiger partial charge in [0.05, 0.1) is 18.2 Å². The molecule has 3 fully saturated rings. The standard InChI is InChI=1S/C18H25N3O/c1-22-8-7-21-13-17-5-6-18(21)14-20(12-17)11-16-4-2-3-15(9-16)10-19/h2-4,9,17-18H,5-8,11-14H2,1H3/t17-,18+/m0/s1. The smallest absolute Gasteiger partial charge is 0.0991 e. The summed E-state index contributed by atoms with van der Waals surface area (Å²) in [5, 5.41) is 9.04. The second-order valence-electron chi connectivity index (χ2n) is 6.59. The largest absolute Gasteiger partial charge is 0.383 e. The molecule has 4 heteroatoms. The fraction of sp³-hybridized carbons (Fsp3) is 0.611. The molecule has 0 spiro atoms. The van der Waals surface area contributed by atoms with Crippen LogP contribution >= 0.6 is 0 Å². The van der Waals surface area contributed by atoms with Crippen molar-refractivity contribution >= 4 is 0 Å². The first-order valence-corrected chi connectivity index (χ1v) is 8.23. The molecule has 1 aromatic carbocycles. The van der Waals surface area contributed by atoms with Gasteiger partial charge in [0.2, 0.25) is 0 Å². The minimum atomic E-state index is 0.660. The monoisotopic (exact) mass is 299 g/mol. The molecule has 0 saturated carbocycles. The number of benzene rings is 1. The van der Waals surface area contributed by atoms with Crippen LogP contribution in [-0.2, 0) is 11.3 Å². The quantitative estimate of drug-likeness (QED) is 0.835. The van der Waals surface area contributed by atoms with Crippen molar-refractivity contribution < 1.29 is 4.74 Å². The predicted octanol–water partition coefficient (Wildman–Crippen LogP) is 2.10. The van der Waals surface area contributed by atoms with E-state index < -0.39 is 0 Å². The molecule has 4 rings (SSSR count). The highest BCUT2D eigenvalue weighted by atomic mass is 16.5. The average molecular weight is 299 g/mol. The summed E-state index contributed by atoms with van der Waals surface area (Å²) in [4.78, 5) is 5.19. The maximum absolute atomic E-state index is 9.04. The van der Waals surface area contributed by atoms with E-state index in [1.54, 1.807) is 7.11 Å². The first-order valence-electron chi connectivity index (χ1n) is 8.23. The summed E-state index contributed by atoms with van der Waals surface area (Å²) < 4.78 is 5.26. The summed E-state index contributed by atoms with van der Waals surface area (Å²) in [5.74, 6) is 0.773. The fourth-order valence-corrected chi connectivity index (χ4v) is 3.89. The number of methoxy groups -OCH3 is 1. The van der Waals surface area contributed by atoms with Crippen LogP contribution in [0.15, 0.2) is 24.3 Å². The highest BCUT2D eigenvalue weighted by molar-refractivity contribution is 5.32. The second-order valence-corrected chi connectivity index (χ2v) is 6.59. The Morgan fingerprint density at radius 2 is 2.18 bits per heavy atom. The van der Waals surface area contributed by atoms with Crippen molar-refractivity contribution in [3.63, 3.8) is 0 Å². The lowest BCUT2D eigenvalue weighted by atomic mass is 9.95. The maximum atomic E-state index is 9.04. The number of piperidine rings is 1. The van der Waals surface area contributed by atoms with Gasteiger partial charge in [0, 0.05) is 45.9 Å². The van der Waals surface area contributed by atoms with E-state index in [0.717, 1.165) is 37.7 Å². The van der Waals surface area contributed by atoms with E-state index >= 15 is 0 Å². The molecular formula is C18H25N3O. The van der Waals surface area contributed by atoms with Gasteiger partial charge in [-0.15, -0.1) is 0 Å². The Labute approximate surface area is 133 Å². The van der Waals surface area contributed by atoms with Gasteiger partial charge in [-0.2, -0.15) is 5.26 Å². The molecule has 2 atom stereocenters. The van der Waals surface area contributed by atoms with Crippen molar-refractivity contribution in [2.24, 2.45) is 5.92 Å². The molecule has 0 aliphatic carbocycles. The number of fused-ring (bicyclic) bond motifs is 4. The molecule has 118 valence electrons.